The highest BCUT2D eigenvalue weighted by molar-refractivity contribution is 6.00. The number of carbonyl (C=O) groups is 1. The van der Waals surface area contributed by atoms with E-state index in [1.54, 1.807) is 6.07 Å². The van der Waals surface area contributed by atoms with Crippen LogP contribution in [-0.2, 0) is 14.3 Å². The molecule has 0 aliphatic carbocycles. The fourth-order valence-corrected chi connectivity index (χ4v) is 0.853. The minimum absolute atomic E-state index is 0.171. The van der Waals surface area contributed by atoms with Crippen LogP contribution in [0.25, 0.3) is 0 Å². The average molecular weight is 168 g/mol. The second kappa shape index (κ2) is 3.72. The quantitative estimate of drug-likeness (QED) is 0.532. The molecule has 5 heteroatoms. The number of aliphatic imine (C=N–C) groups is 1. The Hall–Kier alpha value is -1.57. The number of methoxy groups -OCH3 is 1. The third-order valence-electron chi connectivity index (χ3n) is 1.42. The predicted molar refractivity (Wildman–Crippen MR) is 39.4 cm³/mol. The van der Waals surface area contributed by atoms with Gasteiger partial charge < -0.3 is 9.47 Å². The van der Waals surface area contributed by atoms with Gasteiger partial charge in [0, 0.05) is 0 Å². The lowest BCUT2D eigenvalue weighted by atomic mass is 10.2. The summed E-state index contributed by atoms with van der Waals surface area (Å²) in [7, 11) is 1.22. The molecular formula is C7H8N2O3. The molecule has 1 unspecified atom stereocenters. The van der Waals surface area contributed by atoms with E-state index in [1.807, 2.05) is 0 Å². The molecule has 0 saturated heterocycles. The topological polar surface area (TPSA) is 71.7 Å². The second-order valence-corrected chi connectivity index (χ2v) is 2.15. The molecule has 1 aliphatic heterocycles. The maximum atomic E-state index is 10.9. The first-order chi connectivity index (χ1) is 5.79. The Morgan fingerprint density at radius 3 is 3.08 bits per heavy atom. The van der Waals surface area contributed by atoms with Gasteiger partial charge in [-0.15, -0.1) is 0 Å². The van der Waals surface area contributed by atoms with E-state index in [9.17, 15) is 4.79 Å². The third-order valence-corrected chi connectivity index (χ3v) is 1.42. The Balaban J connectivity index is 2.69. The van der Waals surface area contributed by atoms with Crippen molar-refractivity contribution in [1.82, 2.24) is 0 Å². The van der Waals surface area contributed by atoms with Crippen molar-refractivity contribution in [2.75, 3.05) is 20.3 Å². The van der Waals surface area contributed by atoms with Crippen LogP contribution in [-0.4, -0.2) is 32.1 Å². The van der Waals surface area contributed by atoms with E-state index in [1.165, 1.54) is 7.11 Å². The Morgan fingerprint density at radius 2 is 2.67 bits per heavy atom. The van der Waals surface area contributed by atoms with Crippen molar-refractivity contribution >= 4 is 11.9 Å². The van der Waals surface area contributed by atoms with Gasteiger partial charge in [-0.05, 0) is 0 Å². The molecule has 0 radical (unpaired) electrons. The molecule has 1 aliphatic rings. The number of carbonyl (C=O) groups excluding carboxylic acids is 1. The van der Waals surface area contributed by atoms with Gasteiger partial charge in [0.15, 0.2) is 0 Å². The summed E-state index contributed by atoms with van der Waals surface area (Å²) in [5.41, 5.74) is 0. The summed E-state index contributed by atoms with van der Waals surface area (Å²) < 4.78 is 9.35. The lowest BCUT2D eigenvalue weighted by molar-refractivity contribution is -0.141. The number of ether oxygens (including phenoxy) is 2. The maximum absolute atomic E-state index is 10.9. The molecule has 0 N–H and O–H groups in total. The molecule has 1 atom stereocenters. The zero-order valence-electron chi connectivity index (χ0n) is 6.61. The zero-order chi connectivity index (χ0) is 8.97. The van der Waals surface area contributed by atoms with Crippen LogP contribution in [0.4, 0.5) is 0 Å². The minimum atomic E-state index is -1.00. The fourth-order valence-electron chi connectivity index (χ4n) is 0.853. The number of hydrogen-bond acceptors (Lipinski definition) is 5. The Bertz CT molecular complexity index is 254. The van der Waals surface area contributed by atoms with Crippen LogP contribution < -0.4 is 0 Å². The molecule has 0 fully saturated rings. The van der Waals surface area contributed by atoms with E-state index in [0.717, 1.165) is 0 Å². The monoisotopic (exact) mass is 168 g/mol. The van der Waals surface area contributed by atoms with E-state index in [0.29, 0.717) is 13.2 Å². The number of esters is 1. The highest BCUT2D eigenvalue weighted by atomic mass is 16.5. The molecule has 0 aromatic rings. The van der Waals surface area contributed by atoms with Crippen molar-refractivity contribution in [3.05, 3.63) is 0 Å². The van der Waals surface area contributed by atoms with Gasteiger partial charge in [0.1, 0.15) is 6.61 Å². The third kappa shape index (κ3) is 1.53. The Morgan fingerprint density at radius 1 is 1.92 bits per heavy atom. The fraction of sp³-hybridized carbons (Fsp3) is 0.571. The summed E-state index contributed by atoms with van der Waals surface area (Å²) in [5.74, 6) is -1.46. The van der Waals surface area contributed by atoms with Crippen molar-refractivity contribution in [1.29, 1.82) is 5.26 Å². The van der Waals surface area contributed by atoms with E-state index in [2.05, 4.69) is 9.73 Å². The summed E-state index contributed by atoms with van der Waals surface area (Å²) in [6.07, 6.45) is 0. The molecule has 0 spiro atoms. The second-order valence-electron chi connectivity index (χ2n) is 2.15. The first-order valence-corrected chi connectivity index (χ1v) is 3.44. The Labute approximate surface area is 69.6 Å². The van der Waals surface area contributed by atoms with Crippen LogP contribution >= 0.6 is 0 Å². The molecule has 1 heterocycles. The van der Waals surface area contributed by atoms with Crippen LogP contribution in [0.3, 0.4) is 0 Å². The van der Waals surface area contributed by atoms with Gasteiger partial charge in [-0.3, -0.25) is 9.79 Å². The van der Waals surface area contributed by atoms with Crippen LogP contribution in [0.15, 0.2) is 4.99 Å². The normalized spacial score (nSPS) is 17.2. The van der Waals surface area contributed by atoms with Gasteiger partial charge in [0.05, 0.1) is 19.7 Å². The first-order valence-electron chi connectivity index (χ1n) is 3.44. The number of nitrogens with zero attached hydrogens (tertiary/aromatic N) is 2. The molecule has 64 valence electrons. The molecule has 0 bridgehead atoms. The molecule has 5 nitrogen and oxygen atoms in total. The van der Waals surface area contributed by atoms with Crippen LogP contribution in [0.5, 0.6) is 0 Å². The van der Waals surface area contributed by atoms with E-state index < -0.39 is 11.9 Å². The van der Waals surface area contributed by atoms with Gasteiger partial charge in [0.2, 0.25) is 11.8 Å². The summed E-state index contributed by atoms with van der Waals surface area (Å²) in [6, 6.07) is 1.76. The maximum Gasteiger partial charge on any atom is 0.332 e. The Kier molecular flexibility index (Phi) is 2.64. The standard InChI is InChI=1S/C7H8N2O3/c1-11-7(10)5(4-8)6-9-2-3-12-6/h5H,2-3H2,1H3. The number of rotatable bonds is 2. The van der Waals surface area contributed by atoms with Crippen LogP contribution in [0.1, 0.15) is 0 Å². The lowest BCUT2D eigenvalue weighted by Gasteiger charge is -2.05. The van der Waals surface area contributed by atoms with Gasteiger partial charge in [-0.2, -0.15) is 5.26 Å². The molecule has 0 aromatic heterocycles. The van der Waals surface area contributed by atoms with Crippen LogP contribution in [0, 0.1) is 17.2 Å². The lowest BCUT2D eigenvalue weighted by Crippen LogP contribution is -2.24. The van der Waals surface area contributed by atoms with Gasteiger partial charge in [-0.1, -0.05) is 0 Å². The average Bonchev–Trinajstić information content (AvgIpc) is 2.58. The first kappa shape index (κ1) is 8.53. The molecular weight excluding hydrogens is 160 g/mol. The van der Waals surface area contributed by atoms with Gasteiger partial charge >= 0.3 is 5.97 Å². The van der Waals surface area contributed by atoms with E-state index in [4.69, 9.17) is 10.00 Å². The van der Waals surface area contributed by atoms with E-state index >= 15 is 0 Å². The minimum Gasteiger partial charge on any atom is -0.478 e. The highest BCUT2D eigenvalue weighted by Crippen LogP contribution is 2.07. The molecule has 0 amide bonds. The zero-order valence-corrected chi connectivity index (χ0v) is 6.61. The van der Waals surface area contributed by atoms with Gasteiger partial charge in [0.25, 0.3) is 0 Å². The number of hydrogen-bond donors (Lipinski definition) is 0. The van der Waals surface area contributed by atoms with Crippen molar-refractivity contribution in [2.24, 2.45) is 10.9 Å². The van der Waals surface area contributed by atoms with Crippen molar-refractivity contribution in [3.8, 4) is 6.07 Å². The SMILES string of the molecule is COC(=O)C(C#N)C1=NCCO1. The summed E-state index contributed by atoms with van der Waals surface area (Å²) >= 11 is 0. The summed E-state index contributed by atoms with van der Waals surface area (Å²) in [4.78, 5) is 14.8. The smallest absolute Gasteiger partial charge is 0.332 e. The van der Waals surface area contributed by atoms with Gasteiger partial charge in [-0.25, -0.2) is 0 Å². The molecule has 12 heavy (non-hydrogen) atoms. The molecule has 0 aromatic carbocycles. The summed E-state index contributed by atoms with van der Waals surface area (Å²) in [5, 5.41) is 8.58. The molecule has 0 saturated carbocycles. The van der Waals surface area contributed by atoms with Crippen molar-refractivity contribution in [3.63, 3.8) is 0 Å². The highest BCUT2D eigenvalue weighted by Gasteiger charge is 2.28. The van der Waals surface area contributed by atoms with Crippen LogP contribution in [0.2, 0.25) is 0 Å². The van der Waals surface area contributed by atoms with E-state index in [-0.39, 0.29) is 5.90 Å². The largest absolute Gasteiger partial charge is 0.478 e. The number of nitriles is 1. The van der Waals surface area contributed by atoms with Crippen molar-refractivity contribution in [2.45, 2.75) is 0 Å². The molecule has 1 rings (SSSR count). The van der Waals surface area contributed by atoms with Crippen molar-refractivity contribution < 1.29 is 14.3 Å². The predicted octanol–water partition coefficient (Wildman–Crippen LogP) is -0.272. The summed E-state index contributed by atoms with van der Waals surface area (Å²) in [6.45, 7) is 0.939.